The van der Waals surface area contributed by atoms with E-state index in [9.17, 15) is 31.5 Å². The van der Waals surface area contributed by atoms with Crippen LogP contribution < -0.4 is 9.62 Å². The molecule has 5 aliphatic rings. The predicted molar refractivity (Wildman–Crippen MR) is 170 cm³/mol. The fourth-order valence-corrected chi connectivity index (χ4v) is 10.5. The van der Waals surface area contributed by atoms with Gasteiger partial charge >= 0.3 is 6.18 Å². The van der Waals surface area contributed by atoms with Crippen LogP contribution in [0.5, 0.6) is 5.75 Å². The number of amides is 1. The summed E-state index contributed by atoms with van der Waals surface area (Å²) in [6.45, 7) is 2.51. The molecule has 0 unspecified atom stereocenters. The summed E-state index contributed by atoms with van der Waals surface area (Å²) in [4.78, 5) is 16.9. The van der Waals surface area contributed by atoms with E-state index in [1.54, 1.807) is 24.3 Å². The Labute approximate surface area is 272 Å². The van der Waals surface area contributed by atoms with Gasteiger partial charge in [-0.1, -0.05) is 12.1 Å². The lowest BCUT2D eigenvalue weighted by Crippen LogP contribution is -2.51. The molecule has 5 fully saturated rings. The molecule has 13 heteroatoms. The Balaban J connectivity index is 0.952. The fraction of sp³-hybridized carbons (Fsp3) is 0.500. The van der Waals surface area contributed by atoms with Crippen molar-refractivity contribution in [2.45, 2.75) is 51.2 Å². The van der Waals surface area contributed by atoms with Gasteiger partial charge in [0.1, 0.15) is 5.75 Å². The Morgan fingerprint density at radius 3 is 2.17 bits per heavy atom. The SMILES string of the molecule is O=C(NS(=O)(=O)CC12CC3CC(CC(C3)C1)C2)c1ccc(N2CCN(Cc3cc(-c4cccc(O)c4)cc(C(F)(F)F)c3)CC2)nn1. The number of aromatic nitrogens is 2. The van der Waals surface area contributed by atoms with Crippen molar-refractivity contribution < 1.29 is 31.5 Å². The Hall–Kier alpha value is -3.71. The number of carbonyl (C=O) groups is 1. The van der Waals surface area contributed by atoms with Crippen LogP contribution in [-0.2, 0) is 22.7 Å². The van der Waals surface area contributed by atoms with E-state index in [4.69, 9.17) is 0 Å². The monoisotopic (exact) mass is 669 g/mol. The second kappa shape index (κ2) is 12.1. The average molecular weight is 670 g/mol. The van der Waals surface area contributed by atoms with Gasteiger partial charge in [0.25, 0.3) is 5.91 Å². The van der Waals surface area contributed by atoms with Gasteiger partial charge in [-0.05, 0) is 121 Å². The first-order valence-electron chi connectivity index (χ1n) is 16.2. The first-order valence-corrected chi connectivity index (χ1v) is 17.8. The van der Waals surface area contributed by atoms with Crippen LogP contribution in [0.3, 0.4) is 0 Å². The lowest BCUT2D eigenvalue weighted by Gasteiger charge is -2.56. The van der Waals surface area contributed by atoms with E-state index in [1.807, 2.05) is 4.90 Å². The molecule has 47 heavy (non-hydrogen) atoms. The molecule has 8 rings (SSSR count). The second-order valence-corrected chi connectivity index (χ2v) is 15.8. The van der Waals surface area contributed by atoms with E-state index in [0.717, 1.165) is 31.4 Å². The molecule has 4 saturated carbocycles. The quantitative estimate of drug-likeness (QED) is 0.325. The molecule has 0 atom stereocenters. The van der Waals surface area contributed by atoms with Crippen molar-refractivity contribution in [2.75, 3.05) is 36.8 Å². The standard InChI is InChI=1S/C34H38F3N5O4S/c35-34(36,37)28-14-25(13-27(15-28)26-2-1-3-29(43)16-26)20-41-6-8-42(9-7-41)31-5-4-30(38-39-31)32(44)40-47(45,46)21-33-17-22-10-23(18-33)12-24(11-22)19-33/h1-5,13-16,22-24,43H,6-12,17-21H2,(H,40,44). The molecule has 0 spiro atoms. The van der Waals surface area contributed by atoms with Crippen molar-refractivity contribution in [3.63, 3.8) is 0 Å². The minimum absolute atomic E-state index is 0.0214. The van der Waals surface area contributed by atoms with E-state index in [2.05, 4.69) is 19.8 Å². The molecule has 3 aromatic rings. The highest BCUT2D eigenvalue weighted by molar-refractivity contribution is 7.90. The maximum atomic E-state index is 13.7. The van der Waals surface area contributed by atoms with Gasteiger partial charge in [0, 0.05) is 32.7 Å². The van der Waals surface area contributed by atoms with Crippen LogP contribution in [-0.4, -0.2) is 66.5 Å². The minimum atomic E-state index is -4.51. The molecular formula is C34H38F3N5O4S. The van der Waals surface area contributed by atoms with Gasteiger partial charge in [-0.2, -0.15) is 13.2 Å². The number of hydrogen-bond donors (Lipinski definition) is 2. The molecule has 1 amide bonds. The zero-order valence-electron chi connectivity index (χ0n) is 25.9. The molecular weight excluding hydrogens is 631 g/mol. The highest BCUT2D eigenvalue weighted by Crippen LogP contribution is 2.60. The molecule has 1 aromatic heterocycles. The summed E-state index contributed by atoms with van der Waals surface area (Å²) in [5, 5.41) is 18.1. The van der Waals surface area contributed by atoms with E-state index in [0.29, 0.717) is 73.0 Å². The van der Waals surface area contributed by atoms with Gasteiger partial charge in [-0.15, -0.1) is 10.2 Å². The van der Waals surface area contributed by atoms with Crippen LogP contribution in [0.2, 0.25) is 0 Å². The molecule has 2 aromatic carbocycles. The average Bonchev–Trinajstić information content (AvgIpc) is 2.99. The third-order valence-electron chi connectivity index (χ3n) is 10.4. The lowest BCUT2D eigenvalue weighted by molar-refractivity contribution is -0.137. The number of carbonyl (C=O) groups excluding carboxylic acids is 1. The van der Waals surface area contributed by atoms with Crippen LogP contribution in [0.15, 0.2) is 54.6 Å². The molecule has 9 nitrogen and oxygen atoms in total. The number of sulfonamides is 1. The smallest absolute Gasteiger partial charge is 0.416 e. The second-order valence-electron chi connectivity index (χ2n) is 14.1. The van der Waals surface area contributed by atoms with E-state index in [-0.39, 0.29) is 22.6 Å². The first-order chi connectivity index (χ1) is 22.3. The topological polar surface area (TPSA) is 116 Å². The molecule has 250 valence electrons. The third-order valence-corrected chi connectivity index (χ3v) is 11.9. The van der Waals surface area contributed by atoms with Gasteiger partial charge < -0.3 is 10.0 Å². The largest absolute Gasteiger partial charge is 0.508 e. The van der Waals surface area contributed by atoms with Crippen LogP contribution in [0.4, 0.5) is 19.0 Å². The van der Waals surface area contributed by atoms with Gasteiger partial charge in [0.15, 0.2) is 11.5 Å². The Kier molecular flexibility index (Phi) is 8.18. The number of anilines is 1. The summed E-state index contributed by atoms with van der Waals surface area (Å²) in [5.41, 5.74) is 0.344. The van der Waals surface area contributed by atoms with E-state index >= 15 is 0 Å². The van der Waals surface area contributed by atoms with Gasteiger partial charge in [-0.3, -0.25) is 9.69 Å². The summed E-state index contributed by atoms with van der Waals surface area (Å²) in [7, 11) is -3.84. The number of piperazine rings is 1. The van der Waals surface area contributed by atoms with Crippen molar-refractivity contribution in [2.24, 2.45) is 23.2 Å². The number of phenolic OH excluding ortho intramolecular Hbond substituents is 1. The number of phenols is 1. The van der Waals surface area contributed by atoms with E-state index in [1.165, 1.54) is 37.5 Å². The lowest BCUT2D eigenvalue weighted by atomic mass is 9.50. The summed E-state index contributed by atoms with van der Waals surface area (Å²) in [5.74, 6) is 1.52. The van der Waals surface area contributed by atoms with Crippen LogP contribution in [0.25, 0.3) is 11.1 Å². The number of halogens is 3. The van der Waals surface area contributed by atoms with Gasteiger partial charge in [0.2, 0.25) is 10.0 Å². The van der Waals surface area contributed by atoms with Crippen molar-refractivity contribution >= 4 is 21.7 Å². The zero-order valence-corrected chi connectivity index (χ0v) is 26.7. The van der Waals surface area contributed by atoms with Crippen LogP contribution in [0.1, 0.15) is 60.1 Å². The molecule has 4 aliphatic carbocycles. The molecule has 2 heterocycles. The number of nitrogens with zero attached hydrogens (tertiary/aromatic N) is 4. The van der Waals surface area contributed by atoms with Crippen molar-refractivity contribution in [3.8, 4) is 16.9 Å². The van der Waals surface area contributed by atoms with E-state index < -0.39 is 27.7 Å². The molecule has 0 radical (unpaired) electrons. The number of hydrogen-bond acceptors (Lipinski definition) is 8. The first kappa shape index (κ1) is 31.9. The number of rotatable bonds is 8. The normalized spacial score (nSPS) is 26.0. The van der Waals surface area contributed by atoms with Crippen LogP contribution >= 0.6 is 0 Å². The summed E-state index contributed by atoms with van der Waals surface area (Å²) < 4.78 is 69.6. The maximum Gasteiger partial charge on any atom is 0.416 e. The number of aromatic hydroxyl groups is 1. The number of benzene rings is 2. The van der Waals surface area contributed by atoms with Gasteiger partial charge in [0.05, 0.1) is 11.3 Å². The molecule has 1 saturated heterocycles. The predicted octanol–water partition coefficient (Wildman–Crippen LogP) is 5.47. The summed E-state index contributed by atoms with van der Waals surface area (Å²) in [6, 6.07) is 13.2. The van der Waals surface area contributed by atoms with Crippen molar-refractivity contribution in [3.05, 3.63) is 71.4 Å². The molecule has 1 aliphatic heterocycles. The minimum Gasteiger partial charge on any atom is -0.508 e. The van der Waals surface area contributed by atoms with Crippen LogP contribution in [0, 0.1) is 23.2 Å². The summed E-state index contributed by atoms with van der Waals surface area (Å²) in [6.07, 6.45) is 1.89. The third kappa shape index (κ3) is 7.11. The summed E-state index contributed by atoms with van der Waals surface area (Å²) >= 11 is 0. The highest BCUT2D eigenvalue weighted by Gasteiger charge is 2.52. The molecule has 4 bridgehead atoms. The maximum absolute atomic E-state index is 13.7. The number of alkyl halides is 3. The Morgan fingerprint density at radius 2 is 1.57 bits per heavy atom. The fourth-order valence-electron chi connectivity index (χ4n) is 8.91. The Morgan fingerprint density at radius 1 is 0.894 bits per heavy atom. The number of nitrogens with one attached hydrogen (secondary N) is 1. The Bertz CT molecular complexity index is 1720. The zero-order chi connectivity index (χ0) is 33.0. The van der Waals surface area contributed by atoms with Gasteiger partial charge in [-0.25, -0.2) is 13.1 Å². The van der Waals surface area contributed by atoms with Crippen molar-refractivity contribution in [1.82, 2.24) is 19.8 Å². The van der Waals surface area contributed by atoms with Crippen molar-refractivity contribution in [1.29, 1.82) is 0 Å². The molecule has 2 N–H and O–H groups in total. The highest BCUT2D eigenvalue weighted by atomic mass is 32.2.